The number of benzene rings is 2. The Morgan fingerprint density at radius 1 is 1.05 bits per heavy atom. The van der Waals surface area contributed by atoms with Crippen LogP contribution in [0, 0.1) is 6.92 Å². The van der Waals surface area contributed by atoms with Gasteiger partial charge in [0.2, 0.25) is 0 Å². The minimum atomic E-state index is 0.0652. The van der Waals surface area contributed by atoms with E-state index in [1.54, 1.807) is 0 Å². The Balaban J connectivity index is 2.07. The zero-order chi connectivity index (χ0) is 14.2. The van der Waals surface area contributed by atoms with Gasteiger partial charge >= 0.3 is 0 Å². The predicted molar refractivity (Wildman–Crippen MR) is 87.4 cm³/mol. The summed E-state index contributed by atoms with van der Waals surface area (Å²) in [4.78, 5) is 0. The lowest BCUT2D eigenvalue weighted by Gasteiger charge is -2.19. The van der Waals surface area contributed by atoms with E-state index in [2.05, 4.69) is 43.3 Å². The molecule has 0 aliphatic rings. The van der Waals surface area contributed by atoms with Crippen LogP contribution < -0.4 is 10.5 Å². The quantitative estimate of drug-likeness (QED) is 0.787. The largest absolute Gasteiger partial charge is 0.485 e. The lowest BCUT2D eigenvalue weighted by molar-refractivity contribution is 0.231. The monoisotopic (exact) mass is 287 g/mol. The lowest BCUT2D eigenvalue weighted by atomic mass is 10.1. The highest BCUT2D eigenvalue weighted by Crippen LogP contribution is 2.25. The van der Waals surface area contributed by atoms with Gasteiger partial charge in [-0.25, -0.2) is 0 Å². The fourth-order valence-corrected chi connectivity index (χ4v) is 2.73. The Hall–Kier alpha value is -1.45. The molecule has 1 unspecified atom stereocenters. The minimum absolute atomic E-state index is 0.0652. The van der Waals surface area contributed by atoms with Crippen LogP contribution >= 0.6 is 11.8 Å². The first kappa shape index (κ1) is 14.9. The van der Waals surface area contributed by atoms with Crippen LogP contribution in [0.5, 0.6) is 5.75 Å². The third-order valence-corrected chi connectivity index (χ3v) is 4.06. The van der Waals surface area contributed by atoms with Crippen molar-refractivity contribution in [2.75, 3.05) is 18.1 Å². The predicted octanol–water partition coefficient (Wildman–Crippen LogP) is 3.81. The van der Waals surface area contributed by atoms with Gasteiger partial charge in [-0.2, -0.15) is 11.8 Å². The number of hydrogen-bond donors (Lipinski definition) is 1. The highest BCUT2D eigenvalue weighted by Gasteiger charge is 2.13. The van der Waals surface area contributed by atoms with Crippen molar-refractivity contribution in [2.45, 2.75) is 13.0 Å². The van der Waals surface area contributed by atoms with Gasteiger partial charge in [0.25, 0.3) is 0 Å². The molecule has 0 aromatic heterocycles. The molecule has 3 heteroatoms. The number of hydrogen-bond acceptors (Lipinski definition) is 3. The summed E-state index contributed by atoms with van der Waals surface area (Å²) < 4.78 is 6.14. The highest BCUT2D eigenvalue weighted by molar-refractivity contribution is 7.99. The van der Waals surface area contributed by atoms with E-state index < -0.39 is 0 Å². The number of ether oxygens (including phenoxy) is 1. The lowest BCUT2D eigenvalue weighted by Crippen LogP contribution is -2.12. The van der Waals surface area contributed by atoms with E-state index in [1.165, 1.54) is 11.1 Å². The Kier molecular flexibility index (Phi) is 5.96. The molecular formula is C17H21NOS. The molecule has 0 radical (unpaired) electrons. The maximum absolute atomic E-state index is 6.14. The second-order valence-corrected chi connectivity index (χ2v) is 5.84. The zero-order valence-corrected chi connectivity index (χ0v) is 12.6. The van der Waals surface area contributed by atoms with E-state index in [0.29, 0.717) is 6.54 Å². The molecule has 0 spiro atoms. The van der Waals surface area contributed by atoms with Gasteiger partial charge < -0.3 is 10.5 Å². The fraction of sp³-hybridized carbons (Fsp3) is 0.294. The smallest absolute Gasteiger partial charge is 0.133 e. The highest BCUT2D eigenvalue weighted by atomic mass is 32.2. The zero-order valence-electron chi connectivity index (χ0n) is 11.8. The van der Waals surface area contributed by atoms with Crippen molar-refractivity contribution in [3.63, 3.8) is 0 Å². The molecule has 0 saturated carbocycles. The van der Waals surface area contributed by atoms with E-state index in [9.17, 15) is 0 Å². The Morgan fingerprint density at radius 3 is 2.40 bits per heavy atom. The molecule has 106 valence electrons. The SMILES string of the molecule is Cc1ccc(OC(CSCCN)c2ccccc2)cc1. The molecule has 2 nitrogen and oxygen atoms in total. The van der Waals surface area contributed by atoms with Crippen LogP contribution in [-0.4, -0.2) is 18.1 Å². The molecule has 0 aliphatic heterocycles. The minimum Gasteiger partial charge on any atom is -0.485 e. The molecule has 2 N–H and O–H groups in total. The van der Waals surface area contributed by atoms with Crippen molar-refractivity contribution in [3.05, 3.63) is 65.7 Å². The molecule has 0 bridgehead atoms. The van der Waals surface area contributed by atoms with Gasteiger partial charge in [-0.15, -0.1) is 0 Å². The summed E-state index contributed by atoms with van der Waals surface area (Å²) in [6.45, 7) is 2.78. The van der Waals surface area contributed by atoms with Crippen LogP contribution in [0.4, 0.5) is 0 Å². The van der Waals surface area contributed by atoms with Gasteiger partial charge in [-0.3, -0.25) is 0 Å². The summed E-state index contributed by atoms with van der Waals surface area (Å²) >= 11 is 1.83. The molecule has 0 saturated heterocycles. The van der Waals surface area contributed by atoms with Crippen molar-refractivity contribution in [3.8, 4) is 5.75 Å². The third-order valence-electron chi connectivity index (χ3n) is 3.00. The van der Waals surface area contributed by atoms with Gasteiger partial charge in [-0.05, 0) is 24.6 Å². The Morgan fingerprint density at radius 2 is 1.75 bits per heavy atom. The second kappa shape index (κ2) is 7.98. The van der Waals surface area contributed by atoms with Crippen LogP contribution in [0.15, 0.2) is 54.6 Å². The van der Waals surface area contributed by atoms with Crippen molar-refractivity contribution in [2.24, 2.45) is 5.73 Å². The van der Waals surface area contributed by atoms with E-state index in [1.807, 2.05) is 30.0 Å². The molecular weight excluding hydrogens is 266 g/mol. The molecule has 0 amide bonds. The molecule has 2 aromatic carbocycles. The normalized spacial score (nSPS) is 12.1. The van der Waals surface area contributed by atoms with Crippen LogP contribution in [0.2, 0.25) is 0 Å². The molecule has 1 atom stereocenters. The van der Waals surface area contributed by atoms with E-state index in [0.717, 1.165) is 17.3 Å². The van der Waals surface area contributed by atoms with Crippen LogP contribution in [0.3, 0.4) is 0 Å². The van der Waals surface area contributed by atoms with Gasteiger partial charge in [0.15, 0.2) is 0 Å². The first-order valence-corrected chi connectivity index (χ1v) is 8.01. The summed E-state index contributed by atoms with van der Waals surface area (Å²) in [5.74, 6) is 2.79. The van der Waals surface area contributed by atoms with Crippen molar-refractivity contribution < 1.29 is 4.74 Å². The number of thioether (sulfide) groups is 1. The average Bonchev–Trinajstić information content (AvgIpc) is 2.49. The molecule has 2 rings (SSSR count). The maximum atomic E-state index is 6.14. The second-order valence-electron chi connectivity index (χ2n) is 4.69. The summed E-state index contributed by atoms with van der Waals surface area (Å²) in [6.07, 6.45) is 0.0652. The number of rotatable bonds is 7. The van der Waals surface area contributed by atoms with Crippen molar-refractivity contribution >= 4 is 11.8 Å². The molecule has 2 aromatic rings. The Labute approximate surface area is 125 Å². The van der Waals surface area contributed by atoms with Gasteiger partial charge in [0, 0.05) is 18.1 Å². The van der Waals surface area contributed by atoms with Crippen LogP contribution in [0.25, 0.3) is 0 Å². The molecule has 0 aliphatic carbocycles. The van der Waals surface area contributed by atoms with E-state index in [4.69, 9.17) is 10.5 Å². The van der Waals surface area contributed by atoms with Gasteiger partial charge in [-0.1, -0.05) is 48.0 Å². The maximum Gasteiger partial charge on any atom is 0.133 e. The number of aryl methyl sites for hydroxylation is 1. The fourth-order valence-electron chi connectivity index (χ4n) is 1.92. The summed E-state index contributed by atoms with van der Waals surface area (Å²) in [6, 6.07) is 18.6. The summed E-state index contributed by atoms with van der Waals surface area (Å²) in [5.41, 5.74) is 8.01. The molecule has 20 heavy (non-hydrogen) atoms. The molecule has 0 heterocycles. The van der Waals surface area contributed by atoms with Crippen LogP contribution in [-0.2, 0) is 0 Å². The number of nitrogens with two attached hydrogens (primary N) is 1. The Bertz CT molecular complexity index is 498. The summed E-state index contributed by atoms with van der Waals surface area (Å²) in [5, 5.41) is 0. The van der Waals surface area contributed by atoms with Gasteiger partial charge in [0.05, 0.1) is 0 Å². The first-order valence-electron chi connectivity index (χ1n) is 6.85. The first-order chi connectivity index (χ1) is 9.79. The standard InChI is InChI=1S/C17H21NOS/c1-14-7-9-16(10-8-14)19-17(13-20-12-11-18)15-5-3-2-4-6-15/h2-10,17H,11-13,18H2,1H3. The van der Waals surface area contributed by atoms with Gasteiger partial charge in [0.1, 0.15) is 11.9 Å². The summed E-state index contributed by atoms with van der Waals surface area (Å²) in [7, 11) is 0. The van der Waals surface area contributed by atoms with E-state index in [-0.39, 0.29) is 6.10 Å². The topological polar surface area (TPSA) is 35.2 Å². The molecule has 0 fully saturated rings. The van der Waals surface area contributed by atoms with Crippen molar-refractivity contribution in [1.29, 1.82) is 0 Å². The third kappa shape index (κ3) is 4.58. The van der Waals surface area contributed by atoms with Crippen molar-refractivity contribution in [1.82, 2.24) is 0 Å². The van der Waals surface area contributed by atoms with Crippen LogP contribution in [0.1, 0.15) is 17.2 Å². The average molecular weight is 287 g/mol. The van der Waals surface area contributed by atoms with E-state index >= 15 is 0 Å².